The summed E-state index contributed by atoms with van der Waals surface area (Å²) in [6.45, 7) is 0. The molecule has 1 aliphatic carbocycles. The number of nitrogens with two attached hydrogens (primary N) is 1. The quantitative estimate of drug-likeness (QED) is 0.828. The number of ether oxygens (including phenoxy) is 1. The highest BCUT2D eigenvalue weighted by atomic mass is 16.5. The number of aryl methyl sites for hydroxylation is 1. The van der Waals surface area contributed by atoms with Crippen molar-refractivity contribution in [3.05, 3.63) is 40.7 Å². The molecule has 1 aliphatic heterocycles. The highest BCUT2D eigenvalue weighted by molar-refractivity contribution is 5.99. The van der Waals surface area contributed by atoms with Gasteiger partial charge in [0.15, 0.2) is 5.78 Å². The number of nitriles is 1. The fourth-order valence-corrected chi connectivity index (χ4v) is 2.78. The van der Waals surface area contributed by atoms with Gasteiger partial charge in [-0.15, -0.1) is 0 Å². The van der Waals surface area contributed by atoms with Crippen LogP contribution in [0.15, 0.2) is 35.2 Å². The normalized spacial score (nSPS) is 22.4. The number of carbonyl (C=O) groups excluding carboxylic acids is 1. The van der Waals surface area contributed by atoms with Gasteiger partial charge < -0.3 is 10.5 Å². The molecule has 6 heteroatoms. The van der Waals surface area contributed by atoms with Crippen molar-refractivity contribution >= 4 is 5.78 Å². The molecule has 0 aromatic carbocycles. The molecule has 2 heterocycles. The third-order valence-electron chi connectivity index (χ3n) is 3.66. The Bertz CT molecular complexity index is 690. The fraction of sp³-hybridized carbons (Fsp3) is 0.357. The molecule has 0 saturated heterocycles. The Morgan fingerprint density at radius 1 is 1.55 bits per heavy atom. The Labute approximate surface area is 116 Å². The molecule has 0 spiro atoms. The van der Waals surface area contributed by atoms with Crippen molar-refractivity contribution in [1.82, 2.24) is 9.78 Å². The minimum absolute atomic E-state index is 0.0281. The SMILES string of the molecule is Cn1cc(C2C(C#N)=C(N)OC3=C2C(=O)CCC3)cn1. The lowest BCUT2D eigenvalue weighted by atomic mass is 9.78. The number of ketones is 1. The molecule has 0 radical (unpaired) electrons. The van der Waals surface area contributed by atoms with Crippen LogP contribution in [0.3, 0.4) is 0 Å². The molecule has 0 bridgehead atoms. The number of rotatable bonds is 1. The van der Waals surface area contributed by atoms with Crippen molar-refractivity contribution in [3.8, 4) is 6.07 Å². The summed E-state index contributed by atoms with van der Waals surface area (Å²) in [5.74, 6) is 0.270. The monoisotopic (exact) mass is 270 g/mol. The van der Waals surface area contributed by atoms with Crippen molar-refractivity contribution in [2.75, 3.05) is 0 Å². The molecule has 20 heavy (non-hydrogen) atoms. The van der Waals surface area contributed by atoms with Gasteiger partial charge in [-0.1, -0.05) is 0 Å². The summed E-state index contributed by atoms with van der Waals surface area (Å²) in [5.41, 5.74) is 7.48. The minimum Gasteiger partial charge on any atom is -0.444 e. The van der Waals surface area contributed by atoms with E-state index in [-0.39, 0.29) is 17.2 Å². The standard InChI is InChI=1S/C14H14N4O2/c1-18-7-8(6-17-18)12-9(5-15)14(16)20-11-4-2-3-10(19)13(11)12/h6-7,12H,2-4,16H2,1H3. The summed E-state index contributed by atoms with van der Waals surface area (Å²) in [5, 5.41) is 13.5. The van der Waals surface area contributed by atoms with Crippen LogP contribution < -0.4 is 5.73 Å². The number of aromatic nitrogens is 2. The maximum Gasteiger partial charge on any atom is 0.205 e. The molecular formula is C14H14N4O2. The molecule has 1 atom stereocenters. The topological polar surface area (TPSA) is 93.9 Å². The van der Waals surface area contributed by atoms with Gasteiger partial charge >= 0.3 is 0 Å². The van der Waals surface area contributed by atoms with Crippen LogP contribution in [-0.2, 0) is 16.6 Å². The Kier molecular flexibility index (Phi) is 2.83. The summed E-state index contributed by atoms with van der Waals surface area (Å²) in [6, 6.07) is 2.07. The second-order valence-corrected chi connectivity index (χ2v) is 4.99. The minimum atomic E-state index is -0.453. The Morgan fingerprint density at radius 2 is 2.35 bits per heavy atom. The van der Waals surface area contributed by atoms with Crippen LogP contribution in [0.25, 0.3) is 0 Å². The van der Waals surface area contributed by atoms with Crippen molar-refractivity contribution < 1.29 is 9.53 Å². The fourth-order valence-electron chi connectivity index (χ4n) is 2.78. The van der Waals surface area contributed by atoms with Crippen molar-refractivity contribution in [2.24, 2.45) is 12.8 Å². The predicted octanol–water partition coefficient (Wildman–Crippen LogP) is 1.23. The first-order valence-corrected chi connectivity index (χ1v) is 6.44. The summed E-state index contributed by atoms with van der Waals surface area (Å²) < 4.78 is 7.13. The van der Waals surface area contributed by atoms with Crippen molar-refractivity contribution in [3.63, 3.8) is 0 Å². The lowest BCUT2D eigenvalue weighted by Gasteiger charge is -2.30. The molecule has 3 rings (SSSR count). The van der Waals surface area contributed by atoms with E-state index >= 15 is 0 Å². The molecule has 2 aliphatic rings. The number of carbonyl (C=O) groups is 1. The molecule has 102 valence electrons. The summed E-state index contributed by atoms with van der Waals surface area (Å²) in [4.78, 5) is 12.2. The van der Waals surface area contributed by atoms with Gasteiger partial charge in [0, 0.05) is 37.2 Å². The highest BCUT2D eigenvalue weighted by Gasteiger charge is 2.38. The third kappa shape index (κ3) is 1.79. The number of allylic oxidation sites excluding steroid dienone is 3. The molecule has 1 aromatic rings. The summed E-state index contributed by atoms with van der Waals surface area (Å²) >= 11 is 0. The zero-order valence-corrected chi connectivity index (χ0v) is 11.1. The Hall–Kier alpha value is -2.55. The molecule has 1 aromatic heterocycles. The van der Waals surface area contributed by atoms with Gasteiger partial charge in [0.1, 0.15) is 17.4 Å². The van der Waals surface area contributed by atoms with E-state index < -0.39 is 5.92 Å². The van der Waals surface area contributed by atoms with Gasteiger partial charge in [0.25, 0.3) is 0 Å². The molecular weight excluding hydrogens is 256 g/mol. The first kappa shape index (κ1) is 12.5. The van der Waals surface area contributed by atoms with E-state index in [0.29, 0.717) is 24.2 Å². The van der Waals surface area contributed by atoms with Crippen LogP contribution in [0.1, 0.15) is 30.7 Å². The van der Waals surface area contributed by atoms with Gasteiger partial charge in [0.05, 0.1) is 12.1 Å². The largest absolute Gasteiger partial charge is 0.444 e. The molecule has 0 amide bonds. The zero-order chi connectivity index (χ0) is 14.3. The van der Waals surface area contributed by atoms with Gasteiger partial charge in [-0.3, -0.25) is 9.48 Å². The van der Waals surface area contributed by atoms with Crippen LogP contribution in [-0.4, -0.2) is 15.6 Å². The smallest absolute Gasteiger partial charge is 0.205 e. The van der Waals surface area contributed by atoms with Crippen molar-refractivity contribution in [2.45, 2.75) is 25.2 Å². The van der Waals surface area contributed by atoms with Gasteiger partial charge in [-0.05, 0) is 6.42 Å². The summed E-state index contributed by atoms with van der Waals surface area (Å²) in [7, 11) is 1.79. The van der Waals surface area contributed by atoms with E-state index in [1.807, 2.05) is 0 Å². The number of hydrogen-bond donors (Lipinski definition) is 1. The van der Waals surface area contributed by atoms with Crippen molar-refractivity contribution in [1.29, 1.82) is 5.26 Å². The number of hydrogen-bond acceptors (Lipinski definition) is 5. The van der Waals surface area contributed by atoms with E-state index in [2.05, 4.69) is 11.2 Å². The maximum absolute atomic E-state index is 12.2. The van der Waals surface area contributed by atoms with E-state index in [0.717, 1.165) is 12.0 Å². The highest BCUT2D eigenvalue weighted by Crippen LogP contribution is 2.42. The second kappa shape index (κ2) is 4.53. The molecule has 0 saturated carbocycles. The number of nitrogens with zero attached hydrogens (tertiary/aromatic N) is 3. The first-order valence-electron chi connectivity index (χ1n) is 6.44. The lowest BCUT2D eigenvalue weighted by Crippen LogP contribution is -2.27. The van der Waals surface area contributed by atoms with E-state index in [4.69, 9.17) is 10.5 Å². The van der Waals surface area contributed by atoms with Gasteiger partial charge in [-0.25, -0.2) is 0 Å². The molecule has 0 fully saturated rings. The zero-order valence-electron chi connectivity index (χ0n) is 11.1. The third-order valence-corrected chi connectivity index (χ3v) is 3.66. The second-order valence-electron chi connectivity index (χ2n) is 4.99. The van der Waals surface area contributed by atoms with E-state index in [1.54, 1.807) is 24.1 Å². The molecule has 6 nitrogen and oxygen atoms in total. The maximum atomic E-state index is 12.2. The van der Waals surface area contributed by atoms with Crippen LogP contribution in [0.4, 0.5) is 0 Å². The number of Topliss-reactive ketones (excluding diaryl/α,β-unsaturated/α-hetero) is 1. The Balaban J connectivity index is 2.18. The summed E-state index contributed by atoms with van der Waals surface area (Å²) in [6.07, 6.45) is 5.38. The predicted molar refractivity (Wildman–Crippen MR) is 69.7 cm³/mol. The van der Waals surface area contributed by atoms with E-state index in [9.17, 15) is 10.1 Å². The average Bonchev–Trinajstić information content (AvgIpc) is 2.84. The van der Waals surface area contributed by atoms with Gasteiger partial charge in [0.2, 0.25) is 5.88 Å². The Morgan fingerprint density at radius 3 is 3.00 bits per heavy atom. The molecule has 2 N–H and O–H groups in total. The van der Waals surface area contributed by atoms with E-state index in [1.165, 1.54) is 0 Å². The first-order chi connectivity index (χ1) is 9.61. The van der Waals surface area contributed by atoms with Crippen LogP contribution in [0.5, 0.6) is 0 Å². The van der Waals surface area contributed by atoms with Crippen LogP contribution in [0, 0.1) is 11.3 Å². The average molecular weight is 270 g/mol. The van der Waals surface area contributed by atoms with Crippen LogP contribution >= 0.6 is 0 Å². The van der Waals surface area contributed by atoms with Gasteiger partial charge in [-0.2, -0.15) is 10.4 Å². The lowest BCUT2D eigenvalue weighted by molar-refractivity contribution is -0.116. The molecule has 1 unspecified atom stereocenters. The van der Waals surface area contributed by atoms with Crippen LogP contribution in [0.2, 0.25) is 0 Å².